The van der Waals surface area contributed by atoms with Crippen LogP contribution in [0.4, 0.5) is 5.13 Å². The normalized spacial score (nSPS) is 19.9. The van der Waals surface area contributed by atoms with Crippen LogP contribution >= 0.6 is 23.1 Å². The third-order valence-corrected chi connectivity index (χ3v) is 7.18. The number of aliphatic carboxylic acids is 1. The summed E-state index contributed by atoms with van der Waals surface area (Å²) in [6, 6.07) is 7.54. The Kier molecular flexibility index (Phi) is 6.65. The number of fused-ring (bicyclic) bond motifs is 1. The molecule has 2 atom stereocenters. The molecule has 176 valence electrons. The number of carbonyl (C=O) groups excluding carboxylic acids is 3. The van der Waals surface area contributed by atoms with Crippen molar-refractivity contribution in [1.29, 1.82) is 0 Å². The first-order valence-corrected chi connectivity index (χ1v) is 11.9. The number of thioether (sulfide) groups is 1. The minimum Gasteiger partial charge on any atom is -0.477 e. The van der Waals surface area contributed by atoms with Crippen LogP contribution in [0.5, 0.6) is 0 Å². The lowest BCUT2D eigenvalue weighted by molar-refractivity contribution is -0.150. The molecule has 0 bridgehead atoms. The van der Waals surface area contributed by atoms with Crippen LogP contribution in [-0.2, 0) is 19.2 Å². The lowest BCUT2D eigenvalue weighted by Gasteiger charge is -2.49. The molecule has 2 unspecified atom stereocenters. The van der Waals surface area contributed by atoms with Crippen molar-refractivity contribution in [3.8, 4) is 0 Å². The van der Waals surface area contributed by atoms with Gasteiger partial charge in [0.1, 0.15) is 29.9 Å². The van der Waals surface area contributed by atoms with Crippen molar-refractivity contribution in [1.82, 2.24) is 15.2 Å². The molecule has 34 heavy (non-hydrogen) atoms. The van der Waals surface area contributed by atoms with Crippen LogP contribution in [0.2, 0.25) is 0 Å². The number of Topliss-reactive ketones (excluding diaryl/α,β-unsaturated/α-hetero) is 1. The maximum absolute atomic E-state index is 12.9. The number of rotatable bonds is 8. The highest BCUT2D eigenvalue weighted by Crippen LogP contribution is 2.41. The van der Waals surface area contributed by atoms with E-state index in [0.29, 0.717) is 11.1 Å². The second-order valence-electron chi connectivity index (χ2n) is 7.28. The Morgan fingerprint density at radius 3 is 2.68 bits per heavy atom. The maximum atomic E-state index is 12.9. The number of nitrogens with two attached hydrogens (primary N) is 1. The van der Waals surface area contributed by atoms with Gasteiger partial charge in [-0.25, -0.2) is 9.78 Å². The summed E-state index contributed by atoms with van der Waals surface area (Å²) in [4.78, 5) is 60.2. The Morgan fingerprint density at radius 2 is 2.06 bits per heavy atom. The van der Waals surface area contributed by atoms with E-state index in [1.807, 2.05) is 0 Å². The first kappa shape index (κ1) is 23.4. The molecule has 2 amide bonds. The van der Waals surface area contributed by atoms with Crippen LogP contribution in [0, 0.1) is 0 Å². The summed E-state index contributed by atoms with van der Waals surface area (Å²) >= 11 is 2.38. The molecule has 4 rings (SSSR count). The summed E-state index contributed by atoms with van der Waals surface area (Å²) in [5.74, 6) is -2.63. The number of aromatic nitrogens is 1. The van der Waals surface area contributed by atoms with Gasteiger partial charge in [0, 0.05) is 23.1 Å². The van der Waals surface area contributed by atoms with Crippen molar-refractivity contribution in [2.75, 3.05) is 18.6 Å². The molecule has 0 saturated carbocycles. The number of β-lactam (4-membered cyclic amide) rings is 1. The average Bonchev–Trinajstić information content (AvgIpc) is 3.26. The highest BCUT2D eigenvalue weighted by molar-refractivity contribution is 8.00. The van der Waals surface area contributed by atoms with Crippen LogP contribution in [0.1, 0.15) is 22.5 Å². The number of benzene rings is 1. The largest absolute Gasteiger partial charge is 0.477 e. The SMILES string of the molecule is CO/N=C(\C(=O)NC1C(=O)N2C(C(=O)O)=C(CC(=O)c3ccccc3)CSC12)c1csc(N)n1. The standard InChI is InChI=1S/C21H19N5O6S2/c1-32-25-14(12-9-34-21(22)23-12)17(28)24-15-18(29)26-16(20(30)31)11(8-33-19(15)26)7-13(27)10-5-3-2-4-6-10/h2-6,9,15,19H,7-8H2,1H3,(H2,22,23)(H,24,28)(H,30,31)/b25-14-. The minimum absolute atomic E-state index is 0.123. The molecule has 0 radical (unpaired) electrons. The third kappa shape index (κ3) is 4.39. The van der Waals surface area contributed by atoms with E-state index in [0.717, 1.165) is 16.2 Å². The maximum Gasteiger partial charge on any atom is 0.352 e. The quantitative estimate of drug-likeness (QED) is 0.208. The van der Waals surface area contributed by atoms with Crippen LogP contribution in [0.25, 0.3) is 0 Å². The number of ketones is 1. The highest BCUT2D eigenvalue weighted by atomic mass is 32.2. The molecule has 2 aromatic rings. The monoisotopic (exact) mass is 501 g/mol. The Hall–Kier alpha value is -3.71. The fourth-order valence-corrected chi connectivity index (χ4v) is 5.53. The summed E-state index contributed by atoms with van der Waals surface area (Å²) in [6.45, 7) is 0. The van der Waals surface area contributed by atoms with Crippen molar-refractivity contribution in [2.45, 2.75) is 17.8 Å². The van der Waals surface area contributed by atoms with Gasteiger partial charge in [-0.1, -0.05) is 35.5 Å². The molecular weight excluding hydrogens is 482 g/mol. The van der Waals surface area contributed by atoms with Gasteiger partial charge in [0.05, 0.1) is 0 Å². The molecule has 0 spiro atoms. The molecule has 1 aromatic heterocycles. The second-order valence-corrected chi connectivity index (χ2v) is 9.27. The molecule has 0 aliphatic carbocycles. The van der Waals surface area contributed by atoms with E-state index in [2.05, 4.69) is 15.5 Å². The number of nitrogens with one attached hydrogen (secondary N) is 1. The zero-order valence-electron chi connectivity index (χ0n) is 17.8. The molecule has 1 fully saturated rings. The summed E-state index contributed by atoms with van der Waals surface area (Å²) in [5, 5.41) is 17.2. The lowest BCUT2D eigenvalue weighted by atomic mass is 9.98. The average molecular weight is 502 g/mol. The van der Waals surface area contributed by atoms with Gasteiger partial charge in [-0.2, -0.15) is 0 Å². The van der Waals surface area contributed by atoms with Crippen molar-refractivity contribution < 1.29 is 29.1 Å². The summed E-state index contributed by atoms with van der Waals surface area (Å²) in [5.41, 5.74) is 6.23. The molecule has 1 aromatic carbocycles. The van der Waals surface area contributed by atoms with E-state index in [-0.39, 0.29) is 40.2 Å². The molecule has 2 aliphatic rings. The number of oxime groups is 1. The van der Waals surface area contributed by atoms with Crippen LogP contribution in [-0.4, -0.2) is 68.5 Å². The zero-order valence-corrected chi connectivity index (χ0v) is 19.4. The summed E-state index contributed by atoms with van der Waals surface area (Å²) < 4.78 is 0. The molecule has 3 heterocycles. The van der Waals surface area contributed by atoms with Gasteiger partial charge in [-0.15, -0.1) is 23.1 Å². The molecular formula is C21H19N5O6S2. The number of anilines is 1. The summed E-state index contributed by atoms with van der Waals surface area (Å²) in [7, 11) is 1.26. The number of nitrogen functional groups attached to an aromatic ring is 1. The Labute approximate surface area is 201 Å². The van der Waals surface area contributed by atoms with Crippen molar-refractivity contribution in [3.05, 3.63) is 58.2 Å². The number of carboxylic acids is 1. The van der Waals surface area contributed by atoms with Gasteiger partial charge in [0.25, 0.3) is 11.8 Å². The van der Waals surface area contributed by atoms with E-state index in [4.69, 9.17) is 10.6 Å². The van der Waals surface area contributed by atoms with Gasteiger partial charge in [-0.05, 0) is 5.57 Å². The van der Waals surface area contributed by atoms with E-state index >= 15 is 0 Å². The fourth-order valence-electron chi connectivity index (χ4n) is 3.64. The number of nitrogens with zero attached hydrogens (tertiary/aromatic N) is 3. The summed E-state index contributed by atoms with van der Waals surface area (Å²) in [6.07, 6.45) is -0.123. The van der Waals surface area contributed by atoms with Gasteiger partial charge in [-0.3, -0.25) is 19.3 Å². The van der Waals surface area contributed by atoms with Gasteiger partial charge < -0.3 is 21.0 Å². The first-order chi connectivity index (χ1) is 16.3. The van der Waals surface area contributed by atoms with E-state index < -0.39 is 29.2 Å². The second kappa shape index (κ2) is 9.65. The topological polar surface area (TPSA) is 164 Å². The third-order valence-electron chi connectivity index (χ3n) is 5.17. The number of hydrogen-bond donors (Lipinski definition) is 3. The molecule has 11 nitrogen and oxygen atoms in total. The molecule has 4 N–H and O–H groups in total. The van der Waals surface area contributed by atoms with E-state index in [9.17, 15) is 24.3 Å². The number of carbonyl (C=O) groups is 4. The number of carboxylic acid groups (broad SMARTS) is 1. The smallest absolute Gasteiger partial charge is 0.352 e. The molecule has 1 saturated heterocycles. The van der Waals surface area contributed by atoms with Crippen molar-refractivity contribution in [3.63, 3.8) is 0 Å². The number of hydrogen-bond acceptors (Lipinski definition) is 10. The Bertz CT molecular complexity index is 1230. The lowest BCUT2D eigenvalue weighted by Crippen LogP contribution is -2.71. The van der Waals surface area contributed by atoms with Crippen LogP contribution < -0.4 is 11.1 Å². The van der Waals surface area contributed by atoms with Gasteiger partial charge >= 0.3 is 5.97 Å². The Balaban J connectivity index is 1.52. The van der Waals surface area contributed by atoms with Gasteiger partial charge in [0.15, 0.2) is 16.6 Å². The van der Waals surface area contributed by atoms with Crippen LogP contribution in [0.3, 0.4) is 0 Å². The highest BCUT2D eigenvalue weighted by Gasteiger charge is 2.54. The van der Waals surface area contributed by atoms with Crippen LogP contribution in [0.15, 0.2) is 52.1 Å². The fraction of sp³-hybridized carbons (Fsp3) is 0.238. The Morgan fingerprint density at radius 1 is 1.32 bits per heavy atom. The number of thiazole rings is 1. The van der Waals surface area contributed by atoms with E-state index in [1.54, 1.807) is 30.3 Å². The zero-order chi connectivity index (χ0) is 24.4. The van der Waals surface area contributed by atoms with E-state index in [1.165, 1.54) is 24.3 Å². The predicted molar refractivity (Wildman–Crippen MR) is 125 cm³/mol. The minimum atomic E-state index is -1.31. The van der Waals surface area contributed by atoms with Gasteiger partial charge in [0.2, 0.25) is 0 Å². The molecule has 2 aliphatic heterocycles. The van der Waals surface area contributed by atoms with Crippen molar-refractivity contribution >= 4 is 57.5 Å². The first-order valence-electron chi connectivity index (χ1n) is 9.93. The molecule has 13 heteroatoms. The van der Waals surface area contributed by atoms with Crippen molar-refractivity contribution in [2.24, 2.45) is 5.16 Å². The predicted octanol–water partition coefficient (Wildman–Crippen LogP) is 1.09. The number of amides is 2.